The second-order valence-electron chi connectivity index (χ2n) is 6.33. The standard InChI is InChI=1S/C16H33NO2S/c1-3-4-5-6-7-8-9-10-14-17-15-12-11-13-16(15)20(2,18)19/h15-17H,3-14H2,1-2H3. The van der Waals surface area contributed by atoms with Crippen LogP contribution in [-0.2, 0) is 9.84 Å². The molecule has 2 atom stereocenters. The monoisotopic (exact) mass is 303 g/mol. The van der Waals surface area contributed by atoms with E-state index in [0.717, 1.165) is 25.8 Å². The molecule has 0 heterocycles. The van der Waals surface area contributed by atoms with Gasteiger partial charge in [0, 0.05) is 12.3 Å². The molecule has 1 aliphatic rings. The smallest absolute Gasteiger partial charge is 0.151 e. The van der Waals surface area contributed by atoms with Gasteiger partial charge in [0.2, 0.25) is 0 Å². The van der Waals surface area contributed by atoms with Crippen molar-refractivity contribution in [3.05, 3.63) is 0 Å². The average Bonchev–Trinajstić information content (AvgIpc) is 2.85. The van der Waals surface area contributed by atoms with Crippen molar-refractivity contribution in [1.82, 2.24) is 5.32 Å². The van der Waals surface area contributed by atoms with Crippen molar-refractivity contribution in [3.8, 4) is 0 Å². The van der Waals surface area contributed by atoms with Crippen molar-refractivity contribution in [1.29, 1.82) is 0 Å². The molecule has 1 N–H and O–H groups in total. The Morgan fingerprint density at radius 1 is 0.950 bits per heavy atom. The third-order valence-corrected chi connectivity index (χ3v) is 6.10. The zero-order chi connectivity index (χ0) is 14.8. The highest BCUT2D eigenvalue weighted by Crippen LogP contribution is 2.25. The minimum absolute atomic E-state index is 0.142. The third kappa shape index (κ3) is 7.07. The van der Waals surface area contributed by atoms with Gasteiger partial charge in [-0.1, -0.05) is 58.3 Å². The Morgan fingerprint density at radius 2 is 1.55 bits per heavy atom. The first kappa shape index (κ1) is 18.0. The minimum atomic E-state index is -2.87. The van der Waals surface area contributed by atoms with Gasteiger partial charge in [-0.3, -0.25) is 0 Å². The van der Waals surface area contributed by atoms with E-state index in [1.54, 1.807) is 0 Å². The zero-order valence-corrected chi connectivity index (χ0v) is 14.2. The second kappa shape index (κ2) is 9.78. The van der Waals surface area contributed by atoms with Crippen LogP contribution in [0.3, 0.4) is 0 Å². The molecule has 1 fully saturated rings. The molecule has 120 valence electrons. The molecule has 1 saturated carbocycles. The molecule has 0 bridgehead atoms. The molecule has 4 heteroatoms. The first-order chi connectivity index (χ1) is 9.55. The summed E-state index contributed by atoms with van der Waals surface area (Å²) in [6.45, 7) is 3.23. The molecule has 0 spiro atoms. The lowest BCUT2D eigenvalue weighted by Crippen LogP contribution is -2.40. The molecule has 2 unspecified atom stereocenters. The number of sulfone groups is 1. The Balaban J connectivity index is 2.01. The van der Waals surface area contributed by atoms with Gasteiger partial charge >= 0.3 is 0 Å². The molecule has 1 rings (SSSR count). The maximum Gasteiger partial charge on any atom is 0.151 e. The Labute approximate surface area is 125 Å². The van der Waals surface area contributed by atoms with Crippen molar-refractivity contribution in [3.63, 3.8) is 0 Å². The number of nitrogens with one attached hydrogen (secondary N) is 1. The highest BCUT2D eigenvalue weighted by atomic mass is 32.2. The molecule has 0 aromatic rings. The summed E-state index contributed by atoms with van der Waals surface area (Å²) in [5, 5.41) is 3.33. The summed E-state index contributed by atoms with van der Waals surface area (Å²) < 4.78 is 23.3. The number of rotatable bonds is 11. The molecule has 20 heavy (non-hydrogen) atoms. The van der Waals surface area contributed by atoms with E-state index in [1.165, 1.54) is 57.6 Å². The minimum Gasteiger partial charge on any atom is -0.313 e. The van der Waals surface area contributed by atoms with Crippen molar-refractivity contribution in [2.75, 3.05) is 12.8 Å². The summed E-state index contributed by atoms with van der Waals surface area (Å²) in [5.41, 5.74) is 0. The molecular weight excluding hydrogens is 270 g/mol. The van der Waals surface area contributed by atoms with Crippen molar-refractivity contribution >= 4 is 9.84 Å². The maximum absolute atomic E-state index is 11.7. The van der Waals surface area contributed by atoms with Crippen molar-refractivity contribution in [2.45, 2.75) is 88.8 Å². The fourth-order valence-electron chi connectivity index (χ4n) is 3.22. The van der Waals surface area contributed by atoms with E-state index in [4.69, 9.17) is 0 Å². The van der Waals surface area contributed by atoms with E-state index in [1.807, 2.05) is 0 Å². The summed E-state index contributed by atoms with van der Waals surface area (Å²) in [4.78, 5) is 0. The predicted octanol–water partition coefficient (Wildman–Crippen LogP) is 3.68. The second-order valence-corrected chi connectivity index (χ2v) is 8.60. The highest BCUT2D eigenvalue weighted by Gasteiger charge is 2.33. The predicted molar refractivity (Wildman–Crippen MR) is 86.9 cm³/mol. The summed E-state index contributed by atoms with van der Waals surface area (Å²) in [6, 6.07) is 0.203. The van der Waals surface area contributed by atoms with Crippen LogP contribution >= 0.6 is 0 Å². The fourth-order valence-corrected chi connectivity index (χ4v) is 4.64. The van der Waals surface area contributed by atoms with Crippen LogP contribution in [-0.4, -0.2) is 32.5 Å². The summed E-state index contributed by atoms with van der Waals surface area (Å²) in [6.07, 6.45) is 14.9. The van der Waals surface area contributed by atoms with Crippen LogP contribution < -0.4 is 5.32 Å². The molecule has 0 radical (unpaired) electrons. The Bertz CT molecular complexity index is 340. The van der Waals surface area contributed by atoms with E-state index < -0.39 is 9.84 Å². The largest absolute Gasteiger partial charge is 0.313 e. The van der Waals surface area contributed by atoms with Crippen LogP contribution in [0.5, 0.6) is 0 Å². The number of unbranched alkanes of at least 4 members (excludes halogenated alkanes) is 7. The molecule has 1 aliphatic carbocycles. The van der Waals surface area contributed by atoms with Gasteiger partial charge < -0.3 is 5.32 Å². The third-order valence-electron chi connectivity index (χ3n) is 4.44. The summed E-state index contributed by atoms with van der Waals surface area (Å²) in [5.74, 6) is 0. The first-order valence-electron chi connectivity index (χ1n) is 8.48. The molecule has 0 amide bonds. The lowest BCUT2D eigenvalue weighted by atomic mass is 10.1. The van der Waals surface area contributed by atoms with Crippen molar-refractivity contribution in [2.24, 2.45) is 0 Å². The van der Waals surface area contributed by atoms with Gasteiger partial charge in [0.05, 0.1) is 5.25 Å². The number of hydrogen-bond acceptors (Lipinski definition) is 3. The topological polar surface area (TPSA) is 46.2 Å². The van der Waals surface area contributed by atoms with E-state index >= 15 is 0 Å². The van der Waals surface area contributed by atoms with Crippen LogP contribution in [0.1, 0.15) is 77.6 Å². The Morgan fingerprint density at radius 3 is 2.15 bits per heavy atom. The van der Waals surface area contributed by atoms with E-state index in [2.05, 4.69) is 12.2 Å². The number of hydrogen-bond donors (Lipinski definition) is 1. The van der Waals surface area contributed by atoms with Gasteiger partial charge in [-0.05, 0) is 25.8 Å². The van der Waals surface area contributed by atoms with E-state index in [-0.39, 0.29) is 11.3 Å². The van der Waals surface area contributed by atoms with Crippen LogP contribution in [0, 0.1) is 0 Å². The highest BCUT2D eigenvalue weighted by molar-refractivity contribution is 7.91. The van der Waals surface area contributed by atoms with Gasteiger partial charge in [0.15, 0.2) is 9.84 Å². The molecule has 0 aromatic heterocycles. The summed E-state index contributed by atoms with van der Waals surface area (Å²) in [7, 11) is -2.87. The van der Waals surface area contributed by atoms with Gasteiger partial charge in [-0.15, -0.1) is 0 Å². The Hall–Kier alpha value is -0.0900. The normalized spacial score (nSPS) is 23.3. The van der Waals surface area contributed by atoms with Crippen LogP contribution in [0.4, 0.5) is 0 Å². The summed E-state index contributed by atoms with van der Waals surface area (Å²) >= 11 is 0. The first-order valence-corrected chi connectivity index (χ1v) is 10.4. The van der Waals surface area contributed by atoms with Crippen LogP contribution in [0.2, 0.25) is 0 Å². The SMILES string of the molecule is CCCCCCCCCCNC1CCCC1S(C)(=O)=O. The molecular formula is C16H33NO2S. The van der Waals surface area contributed by atoms with Gasteiger partial charge in [0.1, 0.15) is 0 Å². The molecule has 0 aromatic carbocycles. The van der Waals surface area contributed by atoms with Gasteiger partial charge in [-0.2, -0.15) is 0 Å². The zero-order valence-electron chi connectivity index (χ0n) is 13.4. The average molecular weight is 304 g/mol. The molecule has 0 aliphatic heterocycles. The Kier molecular flexibility index (Phi) is 8.78. The lowest BCUT2D eigenvalue weighted by Gasteiger charge is -2.19. The molecule has 3 nitrogen and oxygen atoms in total. The van der Waals surface area contributed by atoms with E-state index in [9.17, 15) is 8.42 Å². The fraction of sp³-hybridized carbons (Fsp3) is 1.00. The van der Waals surface area contributed by atoms with Crippen LogP contribution in [0.25, 0.3) is 0 Å². The quantitative estimate of drug-likeness (QED) is 0.592. The lowest BCUT2D eigenvalue weighted by molar-refractivity contribution is 0.486. The van der Waals surface area contributed by atoms with Gasteiger partial charge in [0.25, 0.3) is 0 Å². The van der Waals surface area contributed by atoms with Crippen molar-refractivity contribution < 1.29 is 8.42 Å². The maximum atomic E-state index is 11.7. The molecule has 0 saturated heterocycles. The van der Waals surface area contributed by atoms with Crippen LogP contribution in [0.15, 0.2) is 0 Å². The van der Waals surface area contributed by atoms with E-state index in [0.29, 0.717) is 0 Å². The van der Waals surface area contributed by atoms with Gasteiger partial charge in [-0.25, -0.2) is 8.42 Å².